The fraction of sp³-hybridized carbons (Fsp3) is 0.316. The normalized spacial score (nSPS) is 11.9. The first kappa shape index (κ1) is 14.5. The maximum absolute atomic E-state index is 4.42. The zero-order chi connectivity index (χ0) is 14.4. The fourth-order valence-corrected chi connectivity index (χ4v) is 2.40. The molecule has 0 spiro atoms. The number of rotatable bonds is 5. The average molecular weight is 265 g/mol. The van der Waals surface area contributed by atoms with Crippen molar-refractivity contribution in [1.82, 2.24) is 0 Å². The Hall–Kier alpha value is -1.89. The molecule has 20 heavy (non-hydrogen) atoms. The molecule has 2 aromatic rings. The van der Waals surface area contributed by atoms with E-state index in [4.69, 9.17) is 0 Å². The zero-order valence-electron chi connectivity index (χ0n) is 12.6. The Morgan fingerprint density at radius 3 is 2.05 bits per heavy atom. The summed E-state index contributed by atoms with van der Waals surface area (Å²) in [7, 11) is 1.90. The topological polar surface area (TPSA) is 12.4 Å². The summed E-state index contributed by atoms with van der Waals surface area (Å²) >= 11 is 0. The van der Waals surface area contributed by atoms with Crippen LogP contribution in [0.2, 0.25) is 0 Å². The Labute approximate surface area is 122 Å². The second-order valence-electron chi connectivity index (χ2n) is 5.63. The minimum absolute atomic E-state index is 0.664. The van der Waals surface area contributed by atoms with Gasteiger partial charge in [0.15, 0.2) is 0 Å². The van der Waals surface area contributed by atoms with Gasteiger partial charge in [-0.25, -0.2) is 0 Å². The Morgan fingerprint density at radius 2 is 1.50 bits per heavy atom. The van der Waals surface area contributed by atoms with E-state index in [0.717, 1.165) is 12.8 Å². The lowest BCUT2D eigenvalue weighted by atomic mass is 9.98. The molecule has 0 aliphatic carbocycles. The van der Waals surface area contributed by atoms with Gasteiger partial charge in [0.2, 0.25) is 0 Å². The van der Waals surface area contributed by atoms with E-state index in [2.05, 4.69) is 67.4 Å². The summed E-state index contributed by atoms with van der Waals surface area (Å²) in [6.45, 7) is 4.48. The van der Waals surface area contributed by atoms with Gasteiger partial charge in [-0.1, -0.05) is 68.4 Å². The molecule has 0 saturated carbocycles. The van der Waals surface area contributed by atoms with Gasteiger partial charge in [0.05, 0.1) is 0 Å². The van der Waals surface area contributed by atoms with E-state index in [9.17, 15) is 0 Å². The lowest BCUT2D eigenvalue weighted by Gasteiger charge is -2.09. The van der Waals surface area contributed by atoms with Crippen LogP contribution in [0, 0.1) is 5.92 Å². The summed E-state index contributed by atoms with van der Waals surface area (Å²) in [6.07, 6.45) is 2.04. The highest BCUT2D eigenvalue weighted by molar-refractivity contribution is 5.86. The molecule has 0 amide bonds. The SMILES string of the molecule is C/N=C(/Cc1ccc(-c2ccccc2)cc1)CC(C)C. The molecule has 2 rings (SSSR count). The molecular weight excluding hydrogens is 242 g/mol. The first-order valence-electron chi connectivity index (χ1n) is 7.28. The van der Waals surface area contributed by atoms with Crippen molar-refractivity contribution in [2.75, 3.05) is 7.05 Å². The molecule has 0 aliphatic rings. The van der Waals surface area contributed by atoms with Gasteiger partial charge < -0.3 is 0 Å². The lowest BCUT2D eigenvalue weighted by Crippen LogP contribution is -2.07. The van der Waals surface area contributed by atoms with Gasteiger partial charge in [0, 0.05) is 19.2 Å². The number of hydrogen-bond acceptors (Lipinski definition) is 1. The van der Waals surface area contributed by atoms with E-state index in [1.807, 2.05) is 13.1 Å². The lowest BCUT2D eigenvalue weighted by molar-refractivity contribution is 0.678. The summed E-state index contributed by atoms with van der Waals surface area (Å²) in [6, 6.07) is 19.3. The van der Waals surface area contributed by atoms with Crippen LogP contribution in [-0.4, -0.2) is 12.8 Å². The maximum Gasteiger partial charge on any atom is 0.0276 e. The molecule has 0 bridgehead atoms. The maximum atomic E-state index is 4.42. The zero-order valence-corrected chi connectivity index (χ0v) is 12.6. The molecule has 0 saturated heterocycles. The monoisotopic (exact) mass is 265 g/mol. The summed E-state index contributed by atoms with van der Waals surface area (Å²) in [5.41, 5.74) is 5.16. The largest absolute Gasteiger partial charge is 0.297 e. The van der Waals surface area contributed by atoms with E-state index in [0.29, 0.717) is 5.92 Å². The van der Waals surface area contributed by atoms with Gasteiger partial charge in [-0.05, 0) is 29.0 Å². The van der Waals surface area contributed by atoms with E-state index < -0.39 is 0 Å². The van der Waals surface area contributed by atoms with Gasteiger partial charge in [-0.15, -0.1) is 0 Å². The van der Waals surface area contributed by atoms with Crippen LogP contribution in [-0.2, 0) is 6.42 Å². The molecular formula is C19H23N. The summed E-state index contributed by atoms with van der Waals surface area (Å²) in [5.74, 6) is 0.664. The third-order valence-corrected chi connectivity index (χ3v) is 3.43. The number of benzene rings is 2. The van der Waals surface area contributed by atoms with E-state index in [1.165, 1.54) is 22.4 Å². The minimum atomic E-state index is 0.664. The standard InChI is InChI=1S/C19H23N/c1-15(2)13-19(20-3)14-16-9-11-18(12-10-16)17-7-5-4-6-8-17/h4-12,15H,13-14H2,1-3H3/b20-19+. The van der Waals surface area contributed by atoms with Crippen LogP contribution in [0.4, 0.5) is 0 Å². The van der Waals surface area contributed by atoms with Crippen molar-refractivity contribution in [3.8, 4) is 11.1 Å². The highest BCUT2D eigenvalue weighted by atomic mass is 14.7. The first-order valence-corrected chi connectivity index (χ1v) is 7.28. The summed E-state index contributed by atoms with van der Waals surface area (Å²) < 4.78 is 0. The second kappa shape index (κ2) is 7.04. The van der Waals surface area contributed by atoms with E-state index in [1.54, 1.807) is 0 Å². The molecule has 1 nitrogen and oxygen atoms in total. The Balaban J connectivity index is 2.09. The quantitative estimate of drug-likeness (QED) is 0.674. The highest BCUT2D eigenvalue weighted by Gasteiger charge is 2.04. The number of nitrogens with zero attached hydrogens (tertiary/aromatic N) is 1. The molecule has 0 unspecified atom stereocenters. The minimum Gasteiger partial charge on any atom is -0.297 e. The van der Waals surface area contributed by atoms with Crippen LogP contribution in [0.25, 0.3) is 11.1 Å². The Morgan fingerprint density at radius 1 is 0.900 bits per heavy atom. The fourth-order valence-electron chi connectivity index (χ4n) is 2.40. The van der Waals surface area contributed by atoms with Gasteiger partial charge in [0.25, 0.3) is 0 Å². The molecule has 0 fully saturated rings. The number of hydrogen-bond donors (Lipinski definition) is 0. The van der Waals surface area contributed by atoms with Gasteiger partial charge in [-0.3, -0.25) is 4.99 Å². The van der Waals surface area contributed by atoms with Crippen molar-refractivity contribution < 1.29 is 0 Å². The van der Waals surface area contributed by atoms with Crippen LogP contribution in [0.3, 0.4) is 0 Å². The third-order valence-electron chi connectivity index (χ3n) is 3.43. The molecule has 1 heteroatoms. The molecule has 0 atom stereocenters. The summed E-state index contributed by atoms with van der Waals surface area (Å²) in [5, 5.41) is 0. The molecule has 104 valence electrons. The smallest absolute Gasteiger partial charge is 0.0276 e. The van der Waals surface area contributed by atoms with Crippen molar-refractivity contribution >= 4 is 5.71 Å². The van der Waals surface area contributed by atoms with Crippen molar-refractivity contribution in [1.29, 1.82) is 0 Å². The predicted octanol–water partition coefficient (Wildman–Crippen LogP) is 5.01. The molecule has 0 radical (unpaired) electrons. The van der Waals surface area contributed by atoms with Crippen LogP contribution in [0.1, 0.15) is 25.8 Å². The Bertz CT molecular complexity index is 550. The molecule has 0 heterocycles. The van der Waals surface area contributed by atoms with Crippen LogP contribution >= 0.6 is 0 Å². The average Bonchev–Trinajstić information content (AvgIpc) is 2.48. The molecule has 0 N–H and O–H groups in total. The van der Waals surface area contributed by atoms with Crippen molar-refractivity contribution in [3.63, 3.8) is 0 Å². The Kier molecular flexibility index (Phi) is 5.11. The van der Waals surface area contributed by atoms with Crippen LogP contribution in [0.15, 0.2) is 59.6 Å². The van der Waals surface area contributed by atoms with Crippen molar-refractivity contribution in [3.05, 3.63) is 60.2 Å². The third kappa shape index (κ3) is 4.06. The van der Waals surface area contributed by atoms with Gasteiger partial charge in [0.1, 0.15) is 0 Å². The summed E-state index contributed by atoms with van der Waals surface area (Å²) in [4.78, 5) is 4.42. The second-order valence-corrected chi connectivity index (χ2v) is 5.63. The van der Waals surface area contributed by atoms with E-state index in [-0.39, 0.29) is 0 Å². The molecule has 2 aromatic carbocycles. The van der Waals surface area contributed by atoms with E-state index >= 15 is 0 Å². The molecule has 0 aliphatic heterocycles. The predicted molar refractivity (Wildman–Crippen MR) is 88.4 cm³/mol. The first-order chi connectivity index (χ1) is 9.69. The van der Waals surface area contributed by atoms with Crippen LogP contribution in [0.5, 0.6) is 0 Å². The van der Waals surface area contributed by atoms with Crippen molar-refractivity contribution in [2.24, 2.45) is 10.9 Å². The van der Waals surface area contributed by atoms with Crippen LogP contribution < -0.4 is 0 Å². The molecule has 0 aromatic heterocycles. The number of aliphatic imine (C=N–C) groups is 1. The van der Waals surface area contributed by atoms with Crippen molar-refractivity contribution in [2.45, 2.75) is 26.7 Å². The van der Waals surface area contributed by atoms with Gasteiger partial charge in [-0.2, -0.15) is 0 Å². The van der Waals surface area contributed by atoms with Gasteiger partial charge >= 0.3 is 0 Å². The highest BCUT2D eigenvalue weighted by Crippen LogP contribution is 2.20.